The van der Waals surface area contributed by atoms with Gasteiger partial charge in [-0.05, 0) is 23.3 Å². The molecule has 0 spiro atoms. The van der Waals surface area contributed by atoms with Crippen LogP contribution in [0.4, 0.5) is 0 Å². The van der Waals surface area contributed by atoms with E-state index in [1.54, 1.807) is 6.07 Å². The smallest absolute Gasteiger partial charge is 0.327 e. The molecule has 27 heavy (non-hydrogen) atoms. The molecule has 1 fully saturated rings. The average Bonchev–Trinajstić information content (AvgIpc) is 2.71. The first kappa shape index (κ1) is 19.4. The van der Waals surface area contributed by atoms with Crippen LogP contribution in [0, 0.1) is 11.3 Å². The molecule has 0 unspecified atom stereocenters. The van der Waals surface area contributed by atoms with Crippen LogP contribution in [0.5, 0.6) is 0 Å². The molecule has 1 heterocycles. The number of nitrogens with zero attached hydrogens (tertiary/aromatic N) is 3. The second-order valence-corrected chi connectivity index (χ2v) is 6.94. The summed E-state index contributed by atoms with van der Waals surface area (Å²) in [5.41, 5.74) is 2.52. The van der Waals surface area contributed by atoms with Crippen molar-refractivity contribution >= 4 is 17.6 Å². The molecule has 1 aliphatic heterocycles. The van der Waals surface area contributed by atoms with Crippen molar-refractivity contribution in [1.29, 1.82) is 5.26 Å². The van der Waals surface area contributed by atoms with Gasteiger partial charge in [-0.2, -0.15) is 5.26 Å². The molecule has 0 aliphatic carbocycles. The second-order valence-electron chi connectivity index (χ2n) is 6.53. The van der Waals surface area contributed by atoms with Gasteiger partial charge in [0.25, 0.3) is 0 Å². The molecule has 140 valence electrons. The fourth-order valence-electron chi connectivity index (χ4n) is 3.47. The molecule has 6 heteroatoms. The average molecular weight is 384 g/mol. The van der Waals surface area contributed by atoms with Gasteiger partial charge in [-0.15, -0.1) is 0 Å². The number of esters is 1. The summed E-state index contributed by atoms with van der Waals surface area (Å²) in [5.74, 6) is -0.300. The summed E-state index contributed by atoms with van der Waals surface area (Å²) in [4.78, 5) is 16.9. The number of halogens is 1. The van der Waals surface area contributed by atoms with Crippen LogP contribution in [0.3, 0.4) is 0 Å². The minimum absolute atomic E-state index is 0.300. The van der Waals surface area contributed by atoms with Crippen LogP contribution < -0.4 is 0 Å². The Kier molecular flexibility index (Phi) is 6.46. The lowest BCUT2D eigenvalue weighted by Gasteiger charge is -2.38. The Bertz CT molecular complexity index is 841. The van der Waals surface area contributed by atoms with Gasteiger partial charge in [-0.3, -0.25) is 9.80 Å². The molecule has 1 saturated heterocycles. The predicted molar refractivity (Wildman–Crippen MR) is 104 cm³/mol. The minimum Gasteiger partial charge on any atom is -0.468 e. The van der Waals surface area contributed by atoms with Crippen LogP contribution >= 0.6 is 11.6 Å². The number of hydrogen-bond donors (Lipinski definition) is 0. The minimum atomic E-state index is -0.503. The molecular weight excluding hydrogens is 362 g/mol. The van der Waals surface area contributed by atoms with E-state index in [4.69, 9.17) is 16.3 Å². The van der Waals surface area contributed by atoms with Gasteiger partial charge in [0.15, 0.2) is 0 Å². The molecule has 1 atom stereocenters. The molecule has 1 aliphatic rings. The molecular formula is C21H22ClN3O2. The first-order chi connectivity index (χ1) is 13.1. The lowest BCUT2D eigenvalue weighted by atomic mass is 10.0. The van der Waals surface area contributed by atoms with E-state index >= 15 is 0 Å². The number of benzene rings is 2. The summed E-state index contributed by atoms with van der Waals surface area (Å²) < 4.78 is 5.04. The zero-order chi connectivity index (χ0) is 19.2. The quantitative estimate of drug-likeness (QED) is 0.742. The van der Waals surface area contributed by atoms with Crippen LogP contribution in [-0.2, 0) is 16.1 Å². The summed E-state index contributed by atoms with van der Waals surface area (Å²) in [5, 5.41) is 9.83. The van der Waals surface area contributed by atoms with Gasteiger partial charge in [0.1, 0.15) is 6.04 Å². The van der Waals surface area contributed by atoms with E-state index < -0.39 is 6.04 Å². The van der Waals surface area contributed by atoms with E-state index in [9.17, 15) is 10.1 Å². The third kappa shape index (κ3) is 4.48. The highest BCUT2D eigenvalue weighted by molar-refractivity contribution is 6.31. The zero-order valence-corrected chi connectivity index (χ0v) is 16.0. The summed E-state index contributed by atoms with van der Waals surface area (Å²) in [6.07, 6.45) is 0. The van der Waals surface area contributed by atoms with Crippen molar-refractivity contribution in [3.05, 3.63) is 70.2 Å². The molecule has 2 aromatic carbocycles. The highest BCUT2D eigenvalue weighted by Gasteiger charge is 2.32. The largest absolute Gasteiger partial charge is 0.468 e. The van der Waals surface area contributed by atoms with Gasteiger partial charge in [0, 0.05) is 37.7 Å². The summed E-state index contributed by atoms with van der Waals surface area (Å²) in [6, 6.07) is 16.8. The maximum Gasteiger partial charge on any atom is 0.327 e. The second kappa shape index (κ2) is 9.01. The summed E-state index contributed by atoms with van der Waals surface area (Å²) in [6.45, 7) is 3.78. The van der Waals surface area contributed by atoms with Gasteiger partial charge in [-0.25, -0.2) is 4.79 Å². The monoisotopic (exact) mass is 383 g/mol. The Balaban J connectivity index is 1.70. The van der Waals surface area contributed by atoms with E-state index in [2.05, 4.69) is 15.9 Å². The van der Waals surface area contributed by atoms with Crippen molar-refractivity contribution in [3.8, 4) is 6.07 Å². The molecule has 0 aromatic heterocycles. The van der Waals surface area contributed by atoms with E-state index in [1.807, 2.05) is 42.5 Å². The van der Waals surface area contributed by atoms with E-state index in [1.165, 1.54) is 7.11 Å². The lowest BCUT2D eigenvalue weighted by Crippen LogP contribution is -2.49. The van der Waals surface area contributed by atoms with Gasteiger partial charge < -0.3 is 4.74 Å². The topological polar surface area (TPSA) is 56.6 Å². The van der Waals surface area contributed by atoms with Crippen molar-refractivity contribution in [2.75, 3.05) is 33.3 Å². The Hall–Kier alpha value is -2.39. The summed E-state index contributed by atoms with van der Waals surface area (Å²) in [7, 11) is 1.40. The highest BCUT2D eigenvalue weighted by Crippen LogP contribution is 2.29. The standard InChI is InChI=1S/C21H22ClN3O2/c1-27-21(26)20(18-8-4-5-9-19(18)22)25-12-10-24(11-13-25)15-17-7-3-2-6-16(17)14-23/h2-9,20H,10-13,15H2,1H3/t20-/m1/s1. The third-order valence-corrected chi connectivity index (χ3v) is 5.27. The fraction of sp³-hybridized carbons (Fsp3) is 0.333. The first-order valence-electron chi connectivity index (χ1n) is 8.90. The van der Waals surface area contributed by atoms with Crippen molar-refractivity contribution in [2.24, 2.45) is 0 Å². The van der Waals surface area contributed by atoms with Gasteiger partial charge in [0.05, 0.1) is 18.7 Å². The Morgan fingerprint density at radius 2 is 1.81 bits per heavy atom. The number of ether oxygens (including phenoxy) is 1. The molecule has 5 nitrogen and oxygen atoms in total. The molecule has 0 bridgehead atoms. The Morgan fingerprint density at radius 1 is 1.15 bits per heavy atom. The maximum atomic E-state index is 12.4. The maximum absolute atomic E-state index is 12.4. The van der Waals surface area contributed by atoms with Crippen molar-refractivity contribution < 1.29 is 9.53 Å². The van der Waals surface area contributed by atoms with Gasteiger partial charge in [-0.1, -0.05) is 48.0 Å². The molecule has 0 amide bonds. The highest BCUT2D eigenvalue weighted by atomic mass is 35.5. The number of methoxy groups -OCH3 is 1. The van der Waals surface area contributed by atoms with Crippen molar-refractivity contribution in [1.82, 2.24) is 9.80 Å². The van der Waals surface area contributed by atoms with E-state index in [-0.39, 0.29) is 5.97 Å². The number of hydrogen-bond acceptors (Lipinski definition) is 5. The van der Waals surface area contributed by atoms with E-state index in [0.717, 1.165) is 43.9 Å². The zero-order valence-electron chi connectivity index (χ0n) is 15.3. The van der Waals surface area contributed by atoms with Crippen LogP contribution in [0.2, 0.25) is 5.02 Å². The Labute approximate surface area is 164 Å². The van der Waals surface area contributed by atoms with Gasteiger partial charge in [0.2, 0.25) is 0 Å². The predicted octanol–water partition coefficient (Wildman–Crippen LogP) is 3.24. The first-order valence-corrected chi connectivity index (χ1v) is 9.28. The van der Waals surface area contributed by atoms with Crippen LogP contribution in [-0.4, -0.2) is 49.1 Å². The summed E-state index contributed by atoms with van der Waals surface area (Å²) >= 11 is 6.33. The number of carbonyl (C=O) groups is 1. The molecule has 0 saturated carbocycles. The number of piperazine rings is 1. The number of rotatable bonds is 5. The van der Waals surface area contributed by atoms with Gasteiger partial charge >= 0.3 is 5.97 Å². The SMILES string of the molecule is COC(=O)[C@@H](c1ccccc1Cl)N1CCN(Cc2ccccc2C#N)CC1. The lowest BCUT2D eigenvalue weighted by molar-refractivity contribution is -0.148. The third-order valence-electron chi connectivity index (χ3n) is 4.93. The fourth-order valence-corrected chi connectivity index (χ4v) is 3.71. The van der Waals surface area contributed by atoms with Crippen molar-refractivity contribution in [3.63, 3.8) is 0 Å². The van der Waals surface area contributed by atoms with Crippen LogP contribution in [0.1, 0.15) is 22.7 Å². The number of nitriles is 1. The Morgan fingerprint density at radius 3 is 2.48 bits per heavy atom. The normalized spacial score (nSPS) is 16.5. The molecule has 0 N–H and O–H groups in total. The number of carbonyl (C=O) groups excluding carboxylic acids is 1. The molecule has 3 rings (SSSR count). The van der Waals surface area contributed by atoms with Crippen LogP contribution in [0.15, 0.2) is 48.5 Å². The molecule has 0 radical (unpaired) electrons. The molecule has 2 aromatic rings. The van der Waals surface area contributed by atoms with Crippen LogP contribution in [0.25, 0.3) is 0 Å². The van der Waals surface area contributed by atoms with E-state index in [0.29, 0.717) is 10.6 Å². The van der Waals surface area contributed by atoms with Crippen molar-refractivity contribution in [2.45, 2.75) is 12.6 Å².